The highest BCUT2D eigenvalue weighted by Gasteiger charge is 2.23. The summed E-state index contributed by atoms with van der Waals surface area (Å²) in [5.41, 5.74) is 5.19. The Morgan fingerprint density at radius 2 is 1.65 bits per heavy atom. The van der Waals surface area contributed by atoms with E-state index < -0.39 is 5.41 Å². The molecule has 0 radical (unpaired) electrons. The van der Waals surface area contributed by atoms with Gasteiger partial charge in [-0.2, -0.15) is 0 Å². The first-order valence-electron chi connectivity index (χ1n) is 6.27. The number of nitrogens with zero attached hydrogens (tertiary/aromatic N) is 1. The standard InChI is InChI=1S/C14H22N2O4/c1-14(2,13(15)16-17)5-6-20-12-8-10(18-3)7-11(9-12)19-4/h7-9,17H,5-6H2,1-4H3,(H2,15,16). The van der Waals surface area contributed by atoms with Gasteiger partial charge in [0.1, 0.15) is 23.1 Å². The Morgan fingerprint density at radius 1 is 1.15 bits per heavy atom. The van der Waals surface area contributed by atoms with E-state index in [1.165, 1.54) is 0 Å². The van der Waals surface area contributed by atoms with Crippen molar-refractivity contribution in [3.63, 3.8) is 0 Å². The average Bonchev–Trinajstić information content (AvgIpc) is 2.45. The molecule has 0 aliphatic carbocycles. The molecule has 3 N–H and O–H groups in total. The van der Waals surface area contributed by atoms with Crippen LogP contribution in [0.25, 0.3) is 0 Å². The van der Waals surface area contributed by atoms with Crippen LogP contribution in [-0.4, -0.2) is 31.9 Å². The molecule has 0 bridgehead atoms. The van der Waals surface area contributed by atoms with Gasteiger partial charge >= 0.3 is 0 Å². The van der Waals surface area contributed by atoms with Gasteiger partial charge in [-0.25, -0.2) is 0 Å². The first-order chi connectivity index (χ1) is 9.42. The van der Waals surface area contributed by atoms with Gasteiger partial charge in [0.2, 0.25) is 0 Å². The molecule has 0 spiro atoms. The van der Waals surface area contributed by atoms with Crippen molar-refractivity contribution >= 4 is 5.84 Å². The molecule has 20 heavy (non-hydrogen) atoms. The van der Waals surface area contributed by atoms with Crippen molar-refractivity contribution in [2.45, 2.75) is 20.3 Å². The number of amidine groups is 1. The molecule has 0 saturated carbocycles. The van der Waals surface area contributed by atoms with Crippen LogP contribution >= 0.6 is 0 Å². The van der Waals surface area contributed by atoms with Crippen molar-refractivity contribution in [3.8, 4) is 17.2 Å². The topological polar surface area (TPSA) is 86.3 Å². The third-order valence-corrected chi connectivity index (χ3v) is 3.12. The Kier molecular flexibility index (Phi) is 5.49. The van der Waals surface area contributed by atoms with Crippen LogP contribution in [0.5, 0.6) is 17.2 Å². The number of nitrogens with two attached hydrogens (primary N) is 1. The Balaban J connectivity index is 2.66. The van der Waals surface area contributed by atoms with Crippen LogP contribution < -0.4 is 19.9 Å². The highest BCUT2D eigenvalue weighted by atomic mass is 16.5. The van der Waals surface area contributed by atoms with E-state index in [0.717, 1.165) is 0 Å². The summed E-state index contributed by atoms with van der Waals surface area (Å²) in [5.74, 6) is 2.16. The average molecular weight is 282 g/mol. The summed E-state index contributed by atoms with van der Waals surface area (Å²) >= 11 is 0. The fraction of sp³-hybridized carbons (Fsp3) is 0.500. The summed E-state index contributed by atoms with van der Waals surface area (Å²) in [5, 5.41) is 11.8. The molecule has 0 atom stereocenters. The summed E-state index contributed by atoms with van der Waals surface area (Å²) in [6.45, 7) is 4.20. The second-order valence-electron chi connectivity index (χ2n) is 5.02. The summed E-state index contributed by atoms with van der Waals surface area (Å²) in [6.07, 6.45) is 0.614. The molecular weight excluding hydrogens is 260 g/mol. The van der Waals surface area contributed by atoms with Gasteiger partial charge in [-0.3, -0.25) is 0 Å². The zero-order valence-corrected chi connectivity index (χ0v) is 12.3. The second kappa shape index (κ2) is 6.88. The first-order valence-corrected chi connectivity index (χ1v) is 6.27. The van der Waals surface area contributed by atoms with E-state index in [-0.39, 0.29) is 5.84 Å². The normalized spacial score (nSPS) is 12.1. The molecule has 112 valence electrons. The molecule has 1 aromatic carbocycles. The third kappa shape index (κ3) is 4.22. The van der Waals surface area contributed by atoms with Crippen LogP contribution in [0, 0.1) is 5.41 Å². The van der Waals surface area contributed by atoms with Crippen LogP contribution in [-0.2, 0) is 0 Å². The molecule has 0 unspecified atom stereocenters. The summed E-state index contributed by atoms with van der Waals surface area (Å²) in [7, 11) is 3.17. The van der Waals surface area contributed by atoms with Crippen molar-refractivity contribution in [2.24, 2.45) is 16.3 Å². The van der Waals surface area contributed by atoms with E-state index in [0.29, 0.717) is 30.3 Å². The summed E-state index contributed by atoms with van der Waals surface area (Å²) in [6, 6.07) is 5.32. The lowest BCUT2D eigenvalue weighted by atomic mass is 9.88. The Morgan fingerprint density at radius 3 is 2.10 bits per heavy atom. The first kappa shape index (κ1) is 15.9. The van der Waals surface area contributed by atoms with E-state index in [1.807, 2.05) is 13.8 Å². The number of rotatable bonds is 7. The number of hydrogen-bond acceptors (Lipinski definition) is 5. The lowest BCUT2D eigenvalue weighted by Gasteiger charge is -2.22. The van der Waals surface area contributed by atoms with Gasteiger partial charge in [0.15, 0.2) is 0 Å². The highest BCUT2D eigenvalue weighted by Crippen LogP contribution is 2.28. The van der Waals surface area contributed by atoms with Gasteiger partial charge in [-0.15, -0.1) is 0 Å². The van der Waals surface area contributed by atoms with Crippen LogP contribution in [0.3, 0.4) is 0 Å². The lowest BCUT2D eigenvalue weighted by Crippen LogP contribution is -2.33. The van der Waals surface area contributed by atoms with Crippen molar-refractivity contribution in [1.82, 2.24) is 0 Å². The van der Waals surface area contributed by atoms with E-state index in [9.17, 15) is 0 Å². The fourth-order valence-corrected chi connectivity index (χ4v) is 1.55. The Hall–Kier alpha value is -2.11. The molecule has 0 aromatic heterocycles. The van der Waals surface area contributed by atoms with Crippen LogP contribution in [0.2, 0.25) is 0 Å². The molecule has 6 heteroatoms. The van der Waals surface area contributed by atoms with Crippen molar-refractivity contribution in [2.75, 3.05) is 20.8 Å². The van der Waals surface area contributed by atoms with E-state index in [2.05, 4.69) is 5.16 Å². The molecule has 0 aliphatic heterocycles. The maximum atomic E-state index is 8.71. The molecular formula is C14H22N2O4. The molecule has 1 aromatic rings. The van der Waals surface area contributed by atoms with Crippen LogP contribution in [0.4, 0.5) is 0 Å². The molecule has 0 saturated heterocycles. The number of oxime groups is 1. The van der Waals surface area contributed by atoms with Gasteiger partial charge in [0.25, 0.3) is 0 Å². The second-order valence-corrected chi connectivity index (χ2v) is 5.02. The fourth-order valence-electron chi connectivity index (χ4n) is 1.55. The molecule has 0 heterocycles. The van der Waals surface area contributed by atoms with Gasteiger partial charge < -0.3 is 25.2 Å². The number of hydrogen-bond donors (Lipinski definition) is 2. The van der Waals surface area contributed by atoms with Gasteiger partial charge in [0, 0.05) is 23.6 Å². The maximum Gasteiger partial charge on any atom is 0.144 e. The van der Waals surface area contributed by atoms with E-state index in [1.54, 1.807) is 32.4 Å². The van der Waals surface area contributed by atoms with Gasteiger partial charge in [-0.05, 0) is 6.42 Å². The van der Waals surface area contributed by atoms with Gasteiger partial charge in [-0.1, -0.05) is 19.0 Å². The zero-order valence-electron chi connectivity index (χ0n) is 12.3. The Labute approximate surface area is 119 Å². The van der Waals surface area contributed by atoms with Crippen molar-refractivity contribution < 1.29 is 19.4 Å². The molecule has 0 aliphatic rings. The number of ether oxygens (including phenoxy) is 3. The minimum Gasteiger partial charge on any atom is -0.496 e. The summed E-state index contributed by atoms with van der Waals surface area (Å²) < 4.78 is 16.0. The van der Waals surface area contributed by atoms with E-state index in [4.69, 9.17) is 25.2 Å². The predicted octanol–water partition coefficient (Wildman–Crippen LogP) is 2.25. The number of benzene rings is 1. The predicted molar refractivity (Wildman–Crippen MR) is 76.8 cm³/mol. The number of methoxy groups -OCH3 is 2. The van der Waals surface area contributed by atoms with Crippen LogP contribution in [0.1, 0.15) is 20.3 Å². The Bertz CT molecular complexity index is 450. The summed E-state index contributed by atoms with van der Waals surface area (Å²) in [4.78, 5) is 0. The van der Waals surface area contributed by atoms with Crippen LogP contribution in [0.15, 0.2) is 23.4 Å². The monoisotopic (exact) mass is 282 g/mol. The van der Waals surface area contributed by atoms with Crippen molar-refractivity contribution in [1.29, 1.82) is 0 Å². The largest absolute Gasteiger partial charge is 0.496 e. The SMILES string of the molecule is COc1cc(OC)cc(OCCC(C)(C)C(N)=NO)c1. The molecule has 0 amide bonds. The molecule has 0 fully saturated rings. The highest BCUT2D eigenvalue weighted by molar-refractivity contribution is 5.85. The minimum absolute atomic E-state index is 0.185. The maximum absolute atomic E-state index is 8.71. The zero-order chi connectivity index (χ0) is 15.2. The lowest BCUT2D eigenvalue weighted by molar-refractivity contribution is 0.257. The smallest absolute Gasteiger partial charge is 0.144 e. The van der Waals surface area contributed by atoms with Crippen molar-refractivity contribution in [3.05, 3.63) is 18.2 Å². The minimum atomic E-state index is -0.433. The molecule has 1 rings (SSSR count). The third-order valence-electron chi connectivity index (χ3n) is 3.12. The van der Waals surface area contributed by atoms with E-state index >= 15 is 0 Å². The quantitative estimate of drug-likeness (QED) is 0.347. The van der Waals surface area contributed by atoms with Gasteiger partial charge in [0.05, 0.1) is 20.8 Å². The molecule has 6 nitrogen and oxygen atoms in total.